The second-order valence-corrected chi connectivity index (χ2v) is 6.24. The summed E-state index contributed by atoms with van der Waals surface area (Å²) in [7, 11) is 0. The van der Waals surface area contributed by atoms with Crippen LogP contribution in [0.5, 0.6) is 0 Å². The number of aromatic nitrogens is 1. The highest BCUT2D eigenvalue weighted by atomic mass is 32.1. The standard InChI is InChI=1S/C14H16N2O2S/c1-14(18,10-3-4-10)7-15-13(17)9-2-5-11-12(6-9)19-8-16-11/h2,5-6,8,10,18H,3-4,7H2,1H3,(H,15,17)/t14-/m0/s1. The van der Waals surface area contributed by atoms with Crippen molar-refractivity contribution < 1.29 is 9.90 Å². The Bertz CT molecular complexity index is 617. The Kier molecular flexibility index (Phi) is 3.03. The molecule has 1 aliphatic rings. The van der Waals surface area contributed by atoms with Crippen molar-refractivity contribution in [1.82, 2.24) is 10.3 Å². The first kappa shape index (κ1) is 12.6. The molecule has 2 aromatic rings. The van der Waals surface area contributed by atoms with Gasteiger partial charge in [0, 0.05) is 12.1 Å². The molecule has 1 heterocycles. The van der Waals surface area contributed by atoms with Crippen LogP contribution in [0.2, 0.25) is 0 Å². The number of carbonyl (C=O) groups is 1. The van der Waals surface area contributed by atoms with Gasteiger partial charge in [0.25, 0.3) is 5.91 Å². The highest BCUT2D eigenvalue weighted by molar-refractivity contribution is 7.16. The lowest BCUT2D eigenvalue weighted by Gasteiger charge is -2.23. The van der Waals surface area contributed by atoms with E-state index in [0.29, 0.717) is 18.0 Å². The van der Waals surface area contributed by atoms with Crippen molar-refractivity contribution in [2.45, 2.75) is 25.4 Å². The largest absolute Gasteiger partial charge is 0.388 e. The van der Waals surface area contributed by atoms with E-state index in [1.807, 2.05) is 12.1 Å². The first-order valence-electron chi connectivity index (χ1n) is 6.40. The van der Waals surface area contributed by atoms with Crippen LogP contribution in [0, 0.1) is 5.92 Å². The smallest absolute Gasteiger partial charge is 0.251 e. The molecule has 0 spiro atoms. The number of hydrogen-bond donors (Lipinski definition) is 2. The Labute approximate surface area is 115 Å². The quantitative estimate of drug-likeness (QED) is 0.899. The van der Waals surface area contributed by atoms with E-state index in [9.17, 15) is 9.90 Å². The van der Waals surface area contributed by atoms with Crippen molar-refractivity contribution in [2.24, 2.45) is 5.92 Å². The highest BCUT2D eigenvalue weighted by Gasteiger charge is 2.39. The SMILES string of the molecule is C[C@](O)(CNC(=O)c1ccc2ncsc2c1)C1CC1. The molecule has 0 saturated heterocycles. The summed E-state index contributed by atoms with van der Waals surface area (Å²) in [5.74, 6) is 0.188. The van der Waals surface area contributed by atoms with Crippen LogP contribution in [0.1, 0.15) is 30.1 Å². The molecule has 1 fully saturated rings. The number of nitrogens with zero attached hydrogens (tertiary/aromatic N) is 1. The van der Waals surface area contributed by atoms with Gasteiger partial charge in [0.05, 0.1) is 21.3 Å². The second kappa shape index (κ2) is 4.58. The Balaban J connectivity index is 1.69. The summed E-state index contributed by atoms with van der Waals surface area (Å²) in [5, 5.41) is 13.0. The molecule has 0 aliphatic heterocycles. The molecule has 1 amide bonds. The van der Waals surface area contributed by atoms with Crippen molar-refractivity contribution in [1.29, 1.82) is 0 Å². The summed E-state index contributed by atoms with van der Waals surface area (Å²) in [5.41, 5.74) is 2.50. The highest BCUT2D eigenvalue weighted by Crippen LogP contribution is 2.39. The molecule has 1 aromatic heterocycles. The van der Waals surface area contributed by atoms with E-state index in [-0.39, 0.29) is 5.91 Å². The summed E-state index contributed by atoms with van der Waals surface area (Å²) in [6, 6.07) is 5.46. The zero-order valence-electron chi connectivity index (χ0n) is 10.7. The van der Waals surface area contributed by atoms with Crippen LogP contribution in [0.15, 0.2) is 23.7 Å². The second-order valence-electron chi connectivity index (χ2n) is 5.35. The van der Waals surface area contributed by atoms with Crippen molar-refractivity contribution in [3.8, 4) is 0 Å². The van der Waals surface area contributed by atoms with Gasteiger partial charge < -0.3 is 10.4 Å². The third-order valence-corrected chi connectivity index (χ3v) is 4.45. The zero-order valence-corrected chi connectivity index (χ0v) is 11.5. The van der Waals surface area contributed by atoms with Crippen LogP contribution in [-0.2, 0) is 0 Å². The van der Waals surface area contributed by atoms with Crippen LogP contribution < -0.4 is 5.32 Å². The molecule has 0 radical (unpaired) electrons. The first-order valence-corrected chi connectivity index (χ1v) is 7.28. The molecule has 5 heteroatoms. The Morgan fingerprint density at radius 2 is 2.37 bits per heavy atom. The summed E-state index contributed by atoms with van der Waals surface area (Å²) in [6.45, 7) is 2.09. The lowest BCUT2D eigenvalue weighted by atomic mass is 10.0. The number of thiazole rings is 1. The Morgan fingerprint density at radius 1 is 1.58 bits per heavy atom. The monoisotopic (exact) mass is 276 g/mol. The maximum atomic E-state index is 12.1. The number of rotatable bonds is 4. The van der Waals surface area contributed by atoms with E-state index in [0.717, 1.165) is 23.1 Å². The van der Waals surface area contributed by atoms with Gasteiger partial charge in [-0.3, -0.25) is 4.79 Å². The number of carbonyl (C=O) groups excluding carboxylic acids is 1. The number of fused-ring (bicyclic) bond motifs is 1. The van der Waals surface area contributed by atoms with Gasteiger partial charge in [0.1, 0.15) is 0 Å². The molecule has 4 nitrogen and oxygen atoms in total. The minimum absolute atomic E-state index is 0.142. The number of benzene rings is 1. The van der Waals surface area contributed by atoms with Crippen LogP contribution >= 0.6 is 11.3 Å². The lowest BCUT2D eigenvalue weighted by Crippen LogP contribution is -2.42. The minimum Gasteiger partial charge on any atom is -0.388 e. The molecular weight excluding hydrogens is 260 g/mol. The summed E-state index contributed by atoms with van der Waals surface area (Å²) >= 11 is 1.52. The van der Waals surface area contributed by atoms with E-state index in [1.54, 1.807) is 18.5 Å². The summed E-state index contributed by atoms with van der Waals surface area (Å²) in [6.07, 6.45) is 2.10. The third kappa shape index (κ3) is 2.62. The third-order valence-electron chi connectivity index (χ3n) is 3.66. The molecule has 1 atom stereocenters. The van der Waals surface area contributed by atoms with Crippen LogP contribution in [-0.4, -0.2) is 28.1 Å². The summed E-state index contributed by atoms with van der Waals surface area (Å²) < 4.78 is 1.00. The number of amides is 1. The van der Waals surface area contributed by atoms with Crippen LogP contribution in [0.25, 0.3) is 10.2 Å². The zero-order chi connectivity index (χ0) is 13.5. The molecule has 1 aliphatic carbocycles. The maximum Gasteiger partial charge on any atom is 0.251 e. The van der Waals surface area contributed by atoms with Crippen LogP contribution in [0.3, 0.4) is 0 Å². The molecule has 19 heavy (non-hydrogen) atoms. The molecular formula is C14H16N2O2S. The van der Waals surface area contributed by atoms with Gasteiger partial charge in [0.15, 0.2) is 0 Å². The molecule has 2 N–H and O–H groups in total. The average Bonchev–Trinajstić information content (AvgIpc) is 3.15. The van der Waals surface area contributed by atoms with E-state index in [2.05, 4.69) is 10.3 Å². The molecule has 0 bridgehead atoms. The first-order chi connectivity index (χ1) is 9.06. The van der Waals surface area contributed by atoms with Crippen molar-refractivity contribution in [3.05, 3.63) is 29.3 Å². The number of aliphatic hydroxyl groups is 1. The fourth-order valence-electron chi connectivity index (χ4n) is 2.21. The predicted octanol–water partition coefficient (Wildman–Crippen LogP) is 2.19. The van der Waals surface area contributed by atoms with E-state index < -0.39 is 5.60 Å². The fourth-order valence-corrected chi connectivity index (χ4v) is 2.92. The van der Waals surface area contributed by atoms with Crippen LogP contribution in [0.4, 0.5) is 0 Å². The lowest BCUT2D eigenvalue weighted by molar-refractivity contribution is 0.0354. The van der Waals surface area contributed by atoms with Gasteiger partial charge in [-0.25, -0.2) is 4.98 Å². The Morgan fingerprint density at radius 3 is 3.11 bits per heavy atom. The van der Waals surface area contributed by atoms with E-state index in [1.165, 1.54) is 11.3 Å². The fraction of sp³-hybridized carbons (Fsp3) is 0.429. The number of hydrogen-bond acceptors (Lipinski definition) is 4. The Hall–Kier alpha value is -1.46. The minimum atomic E-state index is -0.787. The van der Waals surface area contributed by atoms with Crippen molar-refractivity contribution >= 4 is 27.5 Å². The average molecular weight is 276 g/mol. The van der Waals surface area contributed by atoms with Crippen molar-refractivity contribution in [2.75, 3.05) is 6.54 Å². The molecule has 3 rings (SSSR count). The van der Waals surface area contributed by atoms with Gasteiger partial charge in [-0.2, -0.15) is 0 Å². The molecule has 1 aromatic carbocycles. The van der Waals surface area contributed by atoms with Gasteiger partial charge >= 0.3 is 0 Å². The van der Waals surface area contributed by atoms with Gasteiger partial charge in [-0.15, -0.1) is 11.3 Å². The van der Waals surface area contributed by atoms with Crippen molar-refractivity contribution in [3.63, 3.8) is 0 Å². The van der Waals surface area contributed by atoms with Gasteiger partial charge in [0.2, 0.25) is 0 Å². The molecule has 100 valence electrons. The number of nitrogens with one attached hydrogen (secondary N) is 1. The summed E-state index contributed by atoms with van der Waals surface area (Å²) in [4.78, 5) is 16.2. The van der Waals surface area contributed by atoms with Gasteiger partial charge in [-0.05, 0) is 43.9 Å². The normalized spacial score (nSPS) is 18.2. The van der Waals surface area contributed by atoms with E-state index in [4.69, 9.17) is 0 Å². The predicted molar refractivity (Wildman–Crippen MR) is 75.3 cm³/mol. The molecule has 1 saturated carbocycles. The van der Waals surface area contributed by atoms with E-state index >= 15 is 0 Å². The molecule has 0 unspecified atom stereocenters. The van der Waals surface area contributed by atoms with Gasteiger partial charge in [-0.1, -0.05) is 0 Å². The topological polar surface area (TPSA) is 62.2 Å². The maximum absolute atomic E-state index is 12.1.